The average molecular weight is 660 g/mol. The Kier molecular flexibility index (Phi) is 14.9. The standard InChI is InChI=1S/C24H35Cl2N3O3S2.O.Tc/c1-32-24(31)23-18(16-3-5-19(25)20(26)13-16)14-17-4-6-21(23)29(17)9-2-8-28(10-12-34)15-22(30)27-7-11-33;;/h3,5,13,17-18,21,23,33-34H,2,4,6-12,14-15H2,1H3,(H,27,30);;/q;;+3/p-3/t17-,18-,21+,23-;;/m0../s1/i;;1+1. The predicted molar refractivity (Wildman–Crippen MR) is 141 cm³/mol. The molecule has 7 nitrogen and oxygen atoms in total. The summed E-state index contributed by atoms with van der Waals surface area (Å²) in [4.78, 5) is 21.5. The zero-order valence-electron chi connectivity index (χ0n) is 20.2. The molecule has 2 fully saturated rings. The third-order valence-corrected chi connectivity index (χ3v) is 8.05. The molecule has 200 valence electrons. The van der Waals surface area contributed by atoms with Crippen molar-refractivity contribution in [3.05, 3.63) is 33.8 Å². The van der Waals surface area contributed by atoms with E-state index in [4.69, 9.17) is 56.7 Å². The van der Waals surface area contributed by atoms with Gasteiger partial charge in [0, 0.05) is 31.1 Å². The second kappa shape index (κ2) is 16.7. The predicted octanol–water partition coefficient (Wildman–Crippen LogP) is 2.53. The van der Waals surface area contributed by atoms with E-state index in [2.05, 4.69) is 14.8 Å². The summed E-state index contributed by atoms with van der Waals surface area (Å²) in [5, 5.41) is 13.1. The van der Waals surface area contributed by atoms with E-state index in [0.717, 1.165) is 63.2 Å². The molecular formula is C24H32Cl2N3O4S2Tc. The average Bonchev–Trinajstić information content (AvgIpc) is 3.15. The number of hydrogen-bond acceptors (Lipinski definition) is 9. The molecule has 0 unspecified atom stereocenters. The van der Waals surface area contributed by atoms with Crippen LogP contribution in [0, 0.1) is 5.92 Å². The van der Waals surface area contributed by atoms with Gasteiger partial charge in [0.1, 0.15) is 0 Å². The SMILES string of the molecule is COC(=O)[C@@H]1[C@H]2CC[C@@H](C[C@H]1c1ccc(Cl)c(Cl)c1)N2CCCN(CC[S-])CC([O-])=NCC[S-].[O]=[99Tc+3]. The molecular weight excluding hydrogens is 628 g/mol. The number of hydrogen-bond donors (Lipinski definition) is 0. The van der Waals surface area contributed by atoms with Crippen LogP contribution < -0.4 is 5.11 Å². The minimum absolute atomic E-state index is 0.0521. The van der Waals surface area contributed by atoms with E-state index < -0.39 is 0 Å². The molecule has 36 heavy (non-hydrogen) atoms. The van der Waals surface area contributed by atoms with Gasteiger partial charge in [-0.2, -0.15) is 11.5 Å². The second-order valence-electron chi connectivity index (χ2n) is 8.91. The first-order valence-electron chi connectivity index (χ1n) is 11.9. The first kappa shape index (κ1) is 32.0. The fourth-order valence-corrected chi connectivity index (χ4v) is 6.15. The summed E-state index contributed by atoms with van der Waals surface area (Å²) in [7, 11) is 1.46. The van der Waals surface area contributed by atoms with Gasteiger partial charge in [-0.05, 0) is 68.9 Å². The molecule has 2 saturated heterocycles. The van der Waals surface area contributed by atoms with Gasteiger partial charge in [0.2, 0.25) is 0 Å². The van der Waals surface area contributed by atoms with Crippen LogP contribution in [0.1, 0.15) is 37.2 Å². The van der Waals surface area contributed by atoms with Gasteiger partial charge in [0.15, 0.2) is 0 Å². The number of carbonyl (C=O) groups is 1. The summed E-state index contributed by atoms with van der Waals surface area (Å²) < 4.78 is 13.5. The Morgan fingerprint density at radius 1 is 1.22 bits per heavy atom. The third kappa shape index (κ3) is 8.66. The Bertz CT molecular complexity index is 886. The van der Waals surface area contributed by atoms with Crippen molar-refractivity contribution in [3.8, 4) is 0 Å². The van der Waals surface area contributed by atoms with E-state index in [9.17, 15) is 9.90 Å². The van der Waals surface area contributed by atoms with E-state index >= 15 is 0 Å². The molecule has 12 heteroatoms. The molecule has 0 saturated carbocycles. The molecule has 0 aromatic heterocycles. The fraction of sp³-hybridized carbons (Fsp3) is 0.667. The van der Waals surface area contributed by atoms with Crippen LogP contribution in [0.2, 0.25) is 10.0 Å². The second-order valence-corrected chi connectivity index (χ2v) is 10.5. The van der Waals surface area contributed by atoms with Crippen molar-refractivity contribution < 1.29 is 37.0 Å². The number of halogens is 2. The Morgan fingerprint density at radius 2 is 1.97 bits per heavy atom. The Hall–Kier alpha value is -0.191. The van der Waals surface area contributed by atoms with Crippen molar-refractivity contribution in [2.75, 3.05) is 51.3 Å². The van der Waals surface area contributed by atoms with Gasteiger partial charge in [-0.25, -0.2) is 0 Å². The topological polar surface area (TPSA) is 85.3 Å². The van der Waals surface area contributed by atoms with E-state index in [1.54, 1.807) is 6.07 Å². The van der Waals surface area contributed by atoms with Crippen molar-refractivity contribution in [1.29, 1.82) is 0 Å². The summed E-state index contributed by atoms with van der Waals surface area (Å²) in [6.07, 6.45) is 3.80. The van der Waals surface area contributed by atoms with Gasteiger partial charge in [-0.3, -0.25) is 9.69 Å². The van der Waals surface area contributed by atoms with Gasteiger partial charge < -0.3 is 45.0 Å². The molecule has 0 radical (unpaired) electrons. The van der Waals surface area contributed by atoms with Gasteiger partial charge in [-0.15, -0.1) is 0 Å². The van der Waals surface area contributed by atoms with E-state index in [1.807, 2.05) is 12.1 Å². The normalized spacial score (nSPS) is 23.9. The Labute approximate surface area is 245 Å². The maximum atomic E-state index is 12.9. The first-order chi connectivity index (χ1) is 17.4. The number of esters is 1. The number of benzene rings is 1. The van der Waals surface area contributed by atoms with E-state index in [-0.39, 0.29) is 36.3 Å². The Morgan fingerprint density at radius 3 is 2.61 bits per heavy atom. The van der Waals surface area contributed by atoms with Crippen molar-refractivity contribution in [2.45, 2.75) is 43.7 Å². The van der Waals surface area contributed by atoms with Crippen LogP contribution in [0.25, 0.3) is 0 Å². The van der Waals surface area contributed by atoms with Crippen LogP contribution >= 0.6 is 23.2 Å². The first-order valence-corrected chi connectivity index (χ1v) is 14.6. The number of nitrogens with zero attached hydrogens (tertiary/aromatic N) is 3. The molecule has 2 bridgehead atoms. The molecule has 0 amide bonds. The molecule has 1 aromatic rings. The maximum absolute atomic E-state index is 12.9. The molecule has 0 aliphatic carbocycles. The summed E-state index contributed by atoms with van der Waals surface area (Å²) in [6, 6.07) is 6.20. The number of rotatable bonds is 12. The van der Waals surface area contributed by atoms with Gasteiger partial charge in [0.25, 0.3) is 0 Å². The number of methoxy groups -OCH3 is 1. The third-order valence-electron chi connectivity index (χ3n) is 6.95. The minimum atomic E-state index is -0.247. The molecule has 0 N–H and O–H groups in total. The van der Waals surface area contributed by atoms with E-state index in [0.29, 0.717) is 40.7 Å². The number of ether oxygens (including phenoxy) is 1. The molecule has 2 aliphatic heterocycles. The zero-order valence-corrected chi connectivity index (χ0v) is 25.2. The van der Waals surface area contributed by atoms with Gasteiger partial charge >= 0.3 is 28.3 Å². The van der Waals surface area contributed by atoms with Crippen LogP contribution in [-0.4, -0.2) is 85.1 Å². The monoisotopic (exact) mass is 659 g/mol. The summed E-state index contributed by atoms with van der Waals surface area (Å²) in [5.41, 5.74) is 1.04. The van der Waals surface area contributed by atoms with Crippen molar-refractivity contribution in [1.82, 2.24) is 9.80 Å². The number of fused-ring (bicyclic) bond motifs is 2. The van der Waals surface area contributed by atoms with Crippen LogP contribution in [-0.2, 0) is 57.1 Å². The van der Waals surface area contributed by atoms with Crippen LogP contribution in [0.5, 0.6) is 0 Å². The molecule has 4 atom stereocenters. The number of carbonyl (C=O) groups excluding carboxylic acids is 1. The molecule has 0 spiro atoms. The number of piperidine rings is 1. The summed E-state index contributed by atoms with van der Waals surface area (Å²) >= 11 is 23.3. The fourth-order valence-electron chi connectivity index (χ4n) is 5.49. The van der Waals surface area contributed by atoms with E-state index in [1.165, 1.54) is 7.11 Å². The summed E-state index contributed by atoms with van der Waals surface area (Å²) in [6.45, 7) is 2.98. The summed E-state index contributed by atoms with van der Waals surface area (Å²) in [5.74, 6) is 0.517. The molecule has 3 rings (SSSR count). The van der Waals surface area contributed by atoms with Crippen LogP contribution in [0.15, 0.2) is 23.2 Å². The van der Waals surface area contributed by atoms with Gasteiger partial charge in [-0.1, -0.05) is 29.3 Å². The van der Waals surface area contributed by atoms with Gasteiger partial charge in [0.05, 0.1) is 23.1 Å². The van der Waals surface area contributed by atoms with Crippen molar-refractivity contribution in [2.24, 2.45) is 10.9 Å². The molecule has 1 aromatic carbocycles. The van der Waals surface area contributed by atoms with Crippen LogP contribution in [0.3, 0.4) is 0 Å². The number of aliphatic imine (C=N–C) groups is 1. The van der Waals surface area contributed by atoms with Crippen molar-refractivity contribution in [3.63, 3.8) is 0 Å². The van der Waals surface area contributed by atoms with Crippen molar-refractivity contribution >= 4 is 60.3 Å². The zero-order chi connectivity index (χ0) is 26.7. The Balaban J connectivity index is 0.00000222. The quantitative estimate of drug-likeness (QED) is 0.147. The van der Waals surface area contributed by atoms with Crippen LogP contribution in [0.4, 0.5) is 0 Å². The molecule has 2 aliphatic rings. The molecule has 2 heterocycles.